The van der Waals surface area contributed by atoms with Crippen molar-refractivity contribution in [1.29, 1.82) is 0 Å². The van der Waals surface area contributed by atoms with Gasteiger partial charge in [-0.3, -0.25) is 0 Å². The third-order valence-corrected chi connectivity index (χ3v) is 3.51. The van der Waals surface area contributed by atoms with E-state index in [1.807, 2.05) is 32.0 Å². The van der Waals surface area contributed by atoms with E-state index in [-0.39, 0.29) is 11.9 Å². The highest BCUT2D eigenvalue weighted by molar-refractivity contribution is 9.10. The molecule has 1 unspecified atom stereocenters. The van der Waals surface area contributed by atoms with Crippen LogP contribution in [0.25, 0.3) is 0 Å². The lowest BCUT2D eigenvalue weighted by Crippen LogP contribution is -2.05. The molecule has 0 radical (unpaired) electrons. The minimum atomic E-state index is -0.265. The van der Waals surface area contributed by atoms with Crippen LogP contribution >= 0.6 is 15.9 Å². The number of rotatable bonds is 3. The van der Waals surface area contributed by atoms with Gasteiger partial charge in [0.2, 0.25) is 0 Å². The Labute approximate surface area is 120 Å². The number of halogens is 2. The summed E-state index contributed by atoms with van der Waals surface area (Å²) in [6.45, 7) is 3.73. The number of ether oxygens (including phenoxy) is 1. The lowest BCUT2D eigenvalue weighted by atomic mass is 10.1. The molecule has 0 saturated heterocycles. The molecule has 0 aliphatic rings. The highest BCUT2D eigenvalue weighted by atomic mass is 79.9. The maximum atomic E-state index is 13.0. The lowest BCUT2D eigenvalue weighted by Gasteiger charge is -2.12. The van der Waals surface area contributed by atoms with Gasteiger partial charge in [-0.2, -0.15) is 0 Å². The minimum absolute atomic E-state index is 0.0454. The Balaban J connectivity index is 2.26. The van der Waals surface area contributed by atoms with Crippen molar-refractivity contribution in [3.05, 3.63) is 57.8 Å². The molecule has 2 rings (SSSR count). The van der Waals surface area contributed by atoms with E-state index in [1.54, 1.807) is 6.07 Å². The van der Waals surface area contributed by atoms with Crippen molar-refractivity contribution in [3.8, 4) is 11.5 Å². The van der Waals surface area contributed by atoms with Crippen LogP contribution in [0, 0.1) is 12.7 Å². The van der Waals surface area contributed by atoms with Crippen LogP contribution in [0.1, 0.15) is 24.1 Å². The summed E-state index contributed by atoms with van der Waals surface area (Å²) < 4.78 is 19.7. The zero-order chi connectivity index (χ0) is 14.0. The molecule has 0 aliphatic heterocycles. The standard InChI is InChI=1S/C15H15BrFNO/c1-9-7-11(17)3-6-15(9)19-12-4-5-13(10(2)18)14(16)8-12/h3-8,10H,18H2,1-2H3. The van der Waals surface area contributed by atoms with Gasteiger partial charge in [-0.05, 0) is 55.3 Å². The third-order valence-electron chi connectivity index (χ3n) is 2.83. The van der Waals surface area contributed by atoms with Gasteiger partial charge in [-0.1, -0.05) is 22.0 Å². The SMILES string of the molecule is Cc1cc(F)ccc1Oc1ccc(C(C)N)c(Br)c1. The monoisotopic (exact) mass is 323 g/mol. The Hall–Kier alpha value is -1.39. The van der Waals surface area contributed by atoms with Crippen molar-refractivity contribution in [3.63, 3.8) is 0 Å². The van der Waals surface area contributed by atoms with Crippen LogP contribution < -0.4 is 10.5 Å². The van der Waals surface area contributed by atoms with E-state index < -0.39 is 0 Å². The molecule has 100 valence electrons. The molecule has 2 aromatic rings. The normalized spacial score (nSPS) is 12.3. The first-order valence-corrected chi connectivity index (χ1v) is 6.75. The second-order valence-electron chi connectivity index (χ2n) is 4.48. The Morgan fingerprint density at radius 2 is 1.95 bits per heavy atom. The van der Waals surface area contributed by atoms with Gasteiger partial charge in [0.1, 0.15) is 17.3 Å². The molecular weight excluding hydrogens is 309 g/mol. The van der Waals surface area contributed by atoms with Gasteiger partial charge in [0.25, 0.3) is 0 Å². The molecule has 0 aliphatic carbocycles. The van der Waals surface area contributed by atoms with Crippen LogP contribution in [-0.2, 0) is 0 Å². The van der Waals surface area contributed by atoms with E-state index in [9.17, 15) is 4.39 Å². The summed E-state index contributed by atoms with van der Waals surface area (Å²) in [6.07, 6.45) is 0. The molecule has 4 heteroatoms. The van der Waals surface area contributed by atoms with E-state index in [1.165, 1.54) is 12.1 Å². The number of nitrogens with two attached hydrogens (primary N) is 1. The molecule has 19 heavy (non-hydrogen) atoms. The number of hydrogen-bond donors (Lipinski definition) is 1. The van der Waals surface area contributed by atoms with Crippen molar-refractivity contribution in [2.45, 2.75) is 19.9 Å². The van der Waals surface area contributed by atoms with Crippen molar-refractivity contribution in [1.82, 2.24) is 0 Å². The predicted molar refractivity (Wildman–Crippen MR) is 78.0 cm³/mol. The summed E-state index contributed by atoms with van der Waals surface area (Å²) in [7, 11) is 0. The van der Waals surface area contributed by atoms with Crippen LogP contribution in [0.15, 0.2) is 40.9 Å². The quantitative estimate of drug-likeness (QED) is 0.887. The van der Waals surface area contributed by atoms with Gasteiger partial charge in [0.05, 0.1) is 0 Å². The van der Waals surface area contributed by atoms with E-state index in [0.717, 1.165) is 15.6 Å². The predicted octanol–water partition coefficient (Wildman–Crippen LogP) is 4.71. The largest absolute Gasteiger partial charge is 0.457 e. The average Bonchev–Trinajstić information content (AvgIpc) is 2.32. The van der Waals surface area contributed by atoms with E-state index >= 15 is 0 Å². The first-order valence-electron chi connectivity index (χ1n) is 5.96. The fourth-order valence-corrected chi connectivity index (χ4v) is 2.51. The fourth-order valence-electron chi connectivity index (χ4n) is 1.79. The average molecular weight is 324 g/mol. The second-order valence-corrected chi connectivity index (χ2v) is 5.34. The van der Waals surface area contributed by atoms with E-state index in [4.69, 9.17) is 10.5 Å². The van der Waals surface area contributed by atoms with Crippen LogP contribution in [0.2, 0.25) is 0 Å². The fraction of sp³-hybridized carbons (Fsp3) is 0.200. The van der Waals surface area contributed by atoms with Gasteiger partial charge in [0.15, 0.2) is 0 Å². The van der Waals surface area contributed by atoms with Gasteiger partial charge in [0, 0.05) is 10.5 Å². The Morgan fingerprint density at radius 1 is 1.21 bits per heavy atom. The molecule has 0 aromatic heterocycles. The Morgan fingerprint density at radius 3 is 2.53 bits per heavy atom. The minimum Gasteiger partial charge on any atom is -0.457 e. The number of aryl methyl sites for hydroxylation is 1. The number of benzene rings is 2. The van der Waals surface area contributed by atoms with Crippen molar-refractivity contribution in [2.24, 2.45) is 5.73 Å². The third kappa shape index (κ3) is 3.33. The van der Waals surface area contributed by atoms with Crippen LogP contribution in [0.3, 0.4) is 0 Å². The highest BCUT2D eigenvalue weighted by Gasteiger charge is 2.08. The van der Waals surface area contributed by atoms with Gasteiger partial charge >= 0.3 is 0 Å². The summed E-state index contributed by atoms with van der Waals surface area (Å²) in [5.74, 6) is 1.06. The molecule has 0 spiro atoms. The van der Waals surface area contributed by atoms with Gasteiger partial charge in [-0.25, -0.2) is 4.39 Å². The topological polar surface area (TPSA) is 35.2 Å². The maximum absolute atomic E-state index is 13.0. The molecule has 0 heterocycles. The van der Waals surface area contributed by atoms with Crippen LogP contribution in [-0.4, -0.2) is 0 Å². The molecule has 1 atom stereocenters. The van der Waals surface area contributed by atoms with Gasteiger partial charge < -0.3 is 10.5 Å². The smallest absolute Gasteiger partial charge is 0.130 e. The highest BCUT2D eigenvalue weighted by Crippen LogP contribution is 2.30. The second kappa shape index (κ2) is 5.72. The molecule has 2 nitrogen and oxygen atoms in total. The molecule has 0 amide bonds. The Kier molecular flexibility index (Phi) is 4.22. The van der Waals surface area contributed by atoms with Gasteiger partial charge in [-0.15, -0.1) is 0 Å². The van der Waals surface area contributed by atoms with Crippen molar-refractivity contribution < 1.29 is 9.13 Å². The molecule has 2 aromatic carbocycles. The molecule has 2 N–H and O–H groups in total. The lowest BCUT2D eigenvalue weighted by molar-refractivity contribution is 0.476. The Bertz CT molecular complexity index is 599. The first-order chi connectivity index (χ1) is 8.97. The summed E-state index contributed by atoms with van der Waals surface area (Å²) in [5.41, 5.74) is 7.62. The zero-order valence-electron chi connectivity index (χ0n) is 10.8. The zero-order valence-corrected chi connectivity index (χ0v) is 12.4. The first kappa shape index (κ1) is 14.0. The van der Waals surface area contributed by atoms with Crippen molar-refractivity contribution >= 4 is 15.9 Å². The van der Waals surface area contributed by atoms with Crippen LogP contribution in [0.4, 0.5) is 4.39 Å². The van der Waals surface area contributed by atoms with Crippen molar-refractivity contribution in [2.75, 3.05) is 0 Å². The molecule has 0 bridgehead atoms. The molecular formula is C15H15BrFNO. The summed E-state index contributed by atoms with van der Waals surface area (Å²) in [4.78, 5) is 0. The summed E-state index contributed by atoms with van der Waals surface area (Å²) >= 11 is 3.47. The van der Waals surface area contributed by atoms with Crippen LogP contribution in [0.5, 0.6) is 11.5 Å². The molecule has 0 fully saturated rings. The summed E-state index contributed by atoms with van der Waals surface area (Å²) in [5, 5.41) is 0. The summed E-state index contributed by atoms with van der Waals surface area (Å²) in [6, 6.07) is 10.0. The van der Waals surface area contributed by atoms with E-state index in [2.05, 4.69) is 15.9 Å². The van der Waals surface area contributed by atoms with E-state index in [0.29, 0.717) is 11.5 Å². The number of hydrogen-bond acceptors (Lipinski definition) is 2. The molecule has 0 saturated carbocycles. The maximum Gasteiger partial charge on any atom is 0.130 e.